The van der Waals surface area contributed by atoms with E-state index in [1.54, 1.807) is 0 Å². The van der Waals surface area contributed by atoms with E-state index in [9.17, 15) is 8.42 Å². The molecule has 0 radical (unpaired) electrons. The summed E-state index contributed by atoms with van der Waals surface area (Å²) < 4.78 is 28.8. The van der Waals surface area contributed by atoms with Crippen molar-refractivity contribution >= 4 is 32.2 Å². The van der Waals surface area contributed by atoms with Crippen molar-refractivity contribution in [1.82, 2.24) is 4.37 Å². The van der Waals surface area contributed by atoms with Gasteiger partial charge in [-0.25, -0.2) is 8.42 Å². The van der Waals surface area contributed by atoms with E-state index >= 15 is 0 Å². The summed E-state index contributed by atoms with van der Waals surface area (Å²) >= 11 is 1.22. The molecule has 0 aliphatic carbocycles. The summed E-state index contributed by atoms with van der Waals surface area (Å²) in [7, 11) is -3.32. The SMILES string of the molecule is CCCS(=O)(=O)c1c(N)nsc1N1CCCC1CC. The monoisotopic (exact) mass is 303 g/mol. The van der Waals surface area contributed by atoms with E-state index in [2.05, 4.69) is 16.2 Å². The van der Waals surface area contributed by atoms with Crippen LogP contribution in [0.5, 0.6) is 0 Å². The van der Waals surface area contributed by atoms with E-state index in [1.165, 1.54) is 11.5 Å². The number of hydrogen-bond acceptors (Lipinski definition) is 6. The number of nitrogens with zero attached hydrogens (tertiary/aromatic N) is 2. The molecule has 1 aliphatic rings. The number of hydrogen-bond donors (Lipinski definition) is 1. The first kappa shape index (κ1) is 14.6. The Hall–Kier alpha value is -0.820. The third-order valence-electron chi connectivity index (χ3n) is 3.55. The molecular weight excluding hydrogens is 282 g/mol. The molecule has 2 rings (SSSR count). The lowest BCUT2D eigenvalue weighted by atomic mass is 10.2. The third kappa shape index (κ3) is 2.72. The highest BCUT2D eigenvalue weighted by atomic mass is 32.2. The molecule has 0 spiro atoms. The summed E-state index contributed by atoms with van der Waals surface area (Å²) in [6.07, 6.45) is 3.82. The maximum absolute atomic E-state index is 12.3. The molecular formula is C12H21N3O2S2. The van der Waals surface area contributed by atoms with Crippen LogP contribution in [0.2, 0.25) is 0 Å². The van der Waals surface area contributed by atoms with Gasteiger partial charge in [-0.05, 0) is 37.2 Å². The van der Waals surface area contributed by atoms with Gasteiger partial charge in [-0.2, -0.15) is 4.37 Å². The number of sulfone groups is 1. The minimum Gasteiger partial charge on any atom is -0.382 e. The van der Waals surface area contributed by atoms with Gasteiger partial charge in [0.1, 0.15) is 9.90 Å². The third-order valence-corrected chi connectivity index (χ3v) is 6.55. The van der Waals surface area contributed by atoms with Crippen LogP contribution in [-0.2, 0) is 9.84 Å². The largest absolute Gasteiger partial charge is 0.382 e. The molecule has 1 aliphatic heterocycles. The van der Waals surface area contributed by atoms with Crippen LogP contribution in [0, 0.1) is 0 Å². The predicted octanol–water partition coefficient (Wildman–Crippen LogP) is 2.29. The van der Waals surface area contributed by atoms with Gasteiger partial charge in [0.05, 0.1) is 5.75 Å². The van der Waals surface area contributed by atoms with Gasteiger partial charge in [-0.15, -0.1) is 0 Å². The Kier molecular flexibility index (Phi) is 4.35. The molecule has 1 atom stereocenters. The van der Waals surface area contributed by atoms with Crippen molar-refractivity contribution in [2.45, 2.75) is 50.5 Å². The maximum atomic E-state index is 12.3. The summed E-state index contributed by atoms with van der Waals surface area (Å²) in [6.45, 7) is 4.89. The van der Waals surface area contributed by atoms with Crippen molar-refractivity contribution in [3.05, 3.63) is 0 Å². The first-order chi connectivity index (χ1) is 9.01. The summed E-state index contributed by atoms with van der Waals surface area (Å²) in [6, 6.07) is 0.412. The minimum atomic E-state index is -3.32. The fourth-order valence-corrected chi connectivity index (χ4v) is 5.51. The average molecular weight is 303 g/mol. The average Bonchev–Trinajstić information content (AvgIpc) is 2.94. The second-order valence-corrected chi connectivity index (χ2v) is 7.72. The van der Waals surface area contributed by atoms with Crippen molar-refractivity contribution in [2.75, 3.05) is 22.9 Å². The van der Waals surface area contributed by atoms with Gasteiger partial charge in [0.25, 0.3) is 0 Å². The molecule has 1 saturated heterocycles. The Bertz CT molecular complexity index is 539. The van der Waals surface area contributed by atoms with Crippen molar-refractivity contribution in [1.29, 1.82) is 0 Å². The molecule has 1 aromatic rings. The lowest BCUT2D eigenvalue weighted by Crippen LogP contribution is -2.29. The van der Waals surface area contributed by atoms with Crippen LogP contribution in [0.15, 0.2) is 4.90 Å². The highest BCUT2D eigenvalue weighted by molar-refractivity contribution is 7.91. The molecule has 0 amide bonds. The van der Waals surface area contributed by atoms with E-state index in [-0.39, 0.29) is 16.5 Å². The fraction of sp³-hybridized carbons (Fsp3) is 0.750. The Morgan fingerprint density at radius 1 is 1.47 bits per heavy atom. The molecule has 0 bridgehead atoms. The van der Waals surface area contributed by atoms with Gasteiger partial charge >= 0.3 is 0 Å². The summed E-state index contributed by atoms with van der Waals surface area (Å²) in [5, 5.41) is 0.746. The Labute approximate surface area is 118 Å². The van der Waals surface area contributed by atoms with Gasteiger partial charge < -0.3 is 10.6 Å². The van der Waals surface area contributed by atoms with Crippen molar-refractivity contribution in [3.8, 4) is 0 Å². The molecule has 2 heterocycles. The van der Waals surface area contributed by atoms with Gasteiger partial charge in [0.2, 0.25) is 0 Å². The van der Waals surface area contributed by atoms with Crippen LogP contribution in [0.1, 0.15) is 39.5 Å². The fourth-order valence-electron chi connectivity index (χ4n) is 2.66. The van der Waals surface area contributed by atoms with E-state index in [1.807, 2.05) is 6.92 Å². The summed E-state index contributed by atoms with van der Waals surface area (Å²) in [5.74, 6) is 0.294. The van der Waals surface area contributed by atoms with Crippen molar-refractivity contribution < 1.29 is 8.42 Å². The predicted molar refractivity (Wildman–Crippen MR) is 79.5 cm³/mol. The van der Waals surface area contributed by atoms with Gasteiger partial charge in [0, 0.05) is 12.6 Å². The van der Waals surface area contributed by atoms with E-state index in [0.717, 1.165) is 30.8 Å². The first-order valence-corrected chi connectivity index (χ1v) is 9.18. The quantitative estimate of drug-likeness (QED) is 0.903. The molecule has 0 aromatic carbocycles. The molecule has 5 nitrogen and oxygen atoms in total. The Morgan fingerprint density at radius 3 is 2.84 bits per heavy atom. The summed E-state index contributed by atoms with van der Waals surface area (Å²) in [4.78, 5) is 2.44. The van der Waals surface area contributed by atoms with Crippen LogP contribution in [0.25, 0.3) is 0 Å². The number of nitrogen functional groups attached to an aromatic ring is 1. The second kappa shape index (κ2) is 5.66. The van der Waals surface area contributed by atoms with E-state index in [0.29, 0.717) is 12.5 Å². The van der Waals surface area contributed by atoms with Crippen molar-refractivity contribution in [3.63, 3.8) is 0 Å². The highest BCUT2D eigenvalue weighted by Gasteiger charge is 2.32. The topological polar surface area (TPSA) is 76.3 Å². The van der Waals surface area contributed by atoms with Gasteiger partial charge in [0.15, 0.2) is 15.7 Å². The zero-order valence-electron chi connectivity index (χ0n) is 11.4. The minimum absolute atomic E-state index is 0.132. The van der Waals surface area contributed by atoms with Crippen LogP contribution < -0.4 is 10.6 Å². The number of aromatic nitrogens is 1. The first-order valence-electron chi connectivity index (χ1n) is 6.75. The Balaban J connectivity index is 2.43. The van der Waals surface area contributed by atoms with Crippen LogP contribution in [0.3, 0.4) is 0 Å². The van der Waals surface area contributed by atoms with Crippen LogP contribution in [-0.4, -0.2) is 31.1 Å². The molecule has 2 N–H and O–H groups in total. The lowest BCUT2D eigenvalue weighted by Gasteiger charge is -2.24. The van der Waals surface area contributed by atoms with E-state index < -0.39 is 9.84 Å². The lowest BCUT2D eigenvalue weighted by molar-refractivity contribution is 0.593. The van der Waals surface area contributed by atoms with E-state index in [4.69, 9.17) is 5.73 Å². The number of rotatable bonds is 5. The molecule has 108 valence electrons. The summed E-state index contributed by atoms with van der Waals surface area (Å²) in [5.41, 5.74) is 5.81. The zero-order chi connectivity index (χ0) is 14.0. The van der Waals surface area contributed by atoms with Gasteiger partial charge in [-0.1, -0.05) is 13.8 Å². The molecule has 19 heavy (non-hydrogen) atoms. The molecule has 0 saturated carbocycles. The standard InChI is InChI=1S/C12H21N3O2S2/c1-3-8-19(16,17)10-11(13)14-18-12(10)15-7-5-6-9(15)4-2/h9H,3-8H2,1-2H3,(H2,13,14). The number of anilines is 2. The normalized spacial score (nSPS) is 20.1. The molecule has 1 aromatic heterocycles. The van der Waals surface area contributed by atoms with Crippen LogP contribution in [0.4, 0.5) is 10.8 Å². The highest BCUT2D eigenvalue weighted by Crippen LogP contribution is 2.39. The zero-order valence-corrected chi connectivity index (χ0v) is 13.1. The maximum Gasteiger partial charge on any atom is 0.185 e. The smallest absolute Gasteiger partial charge is 0.185 e. The molecule has 1 unspecified atom stereocenters. The second-order valence-electron chi connectivity index (χ2n) is 4.92. The molecule has 7 heteroatoms. The van der Waals surface area contributed by atoms with Crippen LogP contribution >= 0.6 is 11.5 Å². The van der Waals surface area contributed by atoms with Crippen molar-refractivity contribution in [2.24, 2.45) is 0 Å². The number of nitrogens with two attached hydrogens (primary N) is 1. The van der Waals surface area contributed by atoms with Gasteiger partial charge in [-0.3, -0.25) is 0 Å². The molecule has 1 fully saturated rings. The Morgan fingerprint density at radius 2 is 2.21 bits per heavy atom.